The van der Waals surface area contributed by atoms with E-state index >= 15 is 0 Å². The van der Waals surface area contributed by atoms with E-state index < -0.39 is 5.60 Å². The van der Waals surface area contributed by atoms with Crippen molar-refractivity contribution in [1.82, 2.24) is 0 Å². The molecule has 0 aromatic heterocycles. The zero-order valence-electron chi connectivity index (χ0n) is 12.2. The lowest BCUT2D eigenvalue weighted by atomic mass is 9.80. The average Bonchev–Trinajstić information content (AvgIpc) is 2.48. The van der Waals surface area contributed by atoms with Crippen molar-refractivity contribution in [3.8, 4) is 0 Å². The van der Waals surface area contributed by atoms with Gasteiger partial charge in [0.2, 0.25) is 0 Å². The number of carbonyl (C=O) groups excluding carboxylic acids is 1. The molecule has 2 aliphatic rings. The van der Waals surface area contributed by atoms with Crippen LogP contribution in [-0.4, -0.2) is 23.3 Å². The maximum Gasteiger partial charge on any atom is 0.309 e. The van der Waals surface area contributed by atoms with Crippen molar-refractivity contribution in [2.24, 2.45) is 11.8 Å². The first kappa shape index (κ1) is 14.8. The summed E-state index contributed by atoms with van der Waals surface area (Å²) in [5.41, 5.74) is -0.559. The van der Waals surface area contributed by atoms with Gasteiger partial charge in [-0.3, -0.25) is 4.79 Å². The summed E-state index contributed by atoms with van der Waals surface area (Å²) in [6.07, 6.45) is 10.5. The molecular formula is C16H28O3. The molecule has 19 heavy (non-hydrogen) atoms. The van der Waals surface area contributed by atoms with E-state index in [1.807, 2.05) is 0 Å². The van der Waals surface area contributed by atoms with Gasteiger partial charge in [0.05, 0.1) is 12.5 Å². The quantitative estimate of drug-likeness (QED) is 0.794. The third kappa shape index (κ3) is 3.71. The van der Waals surface area contributed by atoms with Crippen LogP contribution in [0, 0.1) is 11.8 Å². The summed E-state index contributed by atoms with van der Waals surface area (Å²) in [6, 6.07) is 0. The molecule has 3 heteroatoms. The van der Waals surface area contributed by atoms with E-state index in [1.165, 1.54) is 12.8 Å². The predicted molar refractivity (Wildman–Crippen MR) is 74.7 cm³/mol. The molecule has 0 radical (unpaired) electrons. The van der Waals surface area contributed by atoms with Crippen LogP contribution in [0.5, 0.6) is 0 Å². The Labute approximate surface area is 116 Å². The van der Waals surface area contributed by atoms with Gasteiger partial charge in [0, 0.05) is 0 Å². The number of ether oxygens (including phenoxy) is 1. The number of hydrogen-bond donors (Lipinski definition) is 1. The van der Waals surface area contributed by atoms with Gasteiger partial charge in [-0.1, -0.05) is 19.8 Å². The summed E-state index contributed by atoms with van der Waals surface area (Å²) < 4.78 is 5.75. The highest BCUT2D eigenvalue weighted by Crippen LogP contribution is 2.35. The van der Waals surface area contributed by atoms with Crippen molar-refractivity contribution in [3.05, 3.63) is 0 Å². The molecule has 0 spiro atoms. The summed E-state index contributed by atoms with van der Waals surface area (Å²) in [5.74, 6) is 0.823. The Bertz CT molecular complexity index is 286. The second-order valence-electron chi connectivity index (χ2n) is 6.45. The fourth-order valence-electron chi connectivity index (χ4n) is 3.59. The molecule has 110 valence electrons. The third-order valence-electron chi connectivity index (χ3n) is 5.13. The molecule has 0 bridgehead atoms. The van der Waals surface area contributed by atoms with Crippen LogP contribution in [0.2, 0.25) is 0 Å². The summed E-state index contributed by atoms with van der Waals surface area (Å²) >= 11 is 0. The van der Waals surface area contributed by atoms with Crippen molar-refractivity contribution in [1.29, 1.82) is 0 Å². The van der Waals surface area contributed by atoms with Crippen LogP contribution < -0.4 is 0 Å². The third-order valence-corrected chi connectivity index (χ3v) is 5.13. The molecule has 0 aromatic rings. The predicted octanol–water partition coefficient (Wildman–Crippen LogP) is 3.44. The van der Waals surface area contributed by atoms with Crippen LogP contribution >= 0.6 is 0 Å². The molecule has 3 nitrogen and oxygen atoms in total. The zero-order valence-corrected chi connectivity index (χ0v) is 12.2. The van der Waals surface area contributed by atoms with E-state index in [2.05, 4.69) is 6.92 Å². The van der Waals surface area contributed by atoms with Gasteiger partial charge in [0.15, 0.2) is 0 Å². The molecule has 0 heterocycles. The molecule has 0 aromatic carbocycles. The highest BCUT2D eigenvalue weighted by molar-refractivity contribution is 5.73. The Morgan fingerprint density at radius 1 is 1.16 bits per heavy atom. The lowest BCUT2D eigenvalue weighted by Crippen LogP contribution is -2.42. The van der Waals surface area contributed by atoms with Crippen LogP contribution in [0.4, 0.5) is 0 Å². The number of aliphatic hydroxyl groups is 1. The summed E-state index contributed by atoms with van der Waals surface area (Å²) in [7, 11) is 0. The van der Waals surface area contributed by atoms with Crippen LogP contribution in [-0.2, 0) is 9.53 Å². The van der Waals surface area contributed by atoms with Gasteiger partial charge >= 0.3 is 5.97 Å². The van der Waals surface area contributed by atoms with E-state index in [1.54, 1.807) is 0 Å². The Kier molecular flexibility index (Phi) is 5.26. The Balaban J connectivity index is 1.86. The smallest absolute Gasteiger partial charge is 0.309 e. The van der Waals surface area contributed by atoms with E-state index in [4.69, 9.17) is 4.74 Å². The number of carbonyl (C=O) groups is 1. The molecule has 2 aliphatic carbocycles. The summed E-state index contributed by atoms with van der Waals surface area (Å²) in [4.78, 5) is 12.3. The minimum absolute atomic E-state index is 0.0109. The van der Waals surface area contributed by atoms with Crippen LogP contribution in [0.1, 0.15) is 71.1 Å². The Morgan fingerprint density at radius 2 is 1.79 bits per heavy atom. The Hall–Kier alpha value is -0.570. The maximum atomic E-state index is 12.3. The monoisotopic (exact) mass is 268 g/mol. The molecule has 2 fully saturated rings. The van der Waals surface area contributed by atoms with Crippen LogP contribution in [0.15, 0.2) is 0 Å². The van der Waals surface area contributed by atoms with Gasteiger partial charge in [-0.05, 0) is 57.3 Å². The van der Waals surface area contributed by atoms with E-state index in [9.17, 15) is 9.90 Å². The standard InChI is InChI=1S/C16H28O3/c1-2-13-6-8-14(9-7-13)15(18)19-16(12-17)10-4-3-5-11-16/h13-14,17H,2-12H2,1H3. The first-order valence-electron chi connectivity index (χ1n) is 8.03. The molecule has 1 N–H and O–H groups in total. The SMILES string of the molecule is CCC1CCC(C(=O)OC2(CO)CCCCC2)CC1. The van der Waals surface area contributed by atoms with Crippen molar-refractivity contribution in [3.63, 3.8) is 0 Å². The zero-order chi connectivity index (χ0) is 13.7. The second kappa shape index (κ2) is 6.74. The van der Waals surface area contributed by atoms with Crippen molar-refractivity contribution in [2.45, 2.75) is 76.7 Å². The van der Waals surface area contributed by atoms with Gasteiger partial charge < -0.3 is 9.84 Å². The topological polar surface area (TPSA) is 46.5 Å². The Morgan fingerprint density at radius 3 is 2.32 bits per heavy atom. The highest BCUT2D eigenvalue weighted by atomic mass is 16.6. The molecule has 0 amide bonds. The summed E-state index contributed by atoms with van der Waals surface area (Å²) in [6.45, 7) is 2.22. The number of aliphatic hydroxyl groups excluding tert-OH is 1. The highest BCUT2D eigenvalue weighted by Gasteiger charge is 2.38. The molecule has 2 rings (SSSR count). The average molecular weight is 268 g/mol. The van der Waals surface area contributed by atoms with Gasteiger partial charge in [-0.15, -0.1) is 0 Å². The van der Waals surface area contributed by atoms with E-state index in [0.717, 1.165) is 57.3 Å². The van der Waals surface area contributed by atoms with Crippen LogP contribution in [0.3, 0.4) is 0 Å². The first-order valence-corrected chi connectivity index (χ1v) is 8.03. The van der Waals surface area contributed by atoms with Gasteiger partial charge in [-0.25, -0.2) is 0 Å². The van der Waals surface area contributed by atoms with E-state index in [-0.39, 0.29) is 18.5 Å². The molecule has 0 unspecified atom stereocenters. The minimum atomic E-state index is -0.559. The van der Waals surface area contributed by atoms with E-state index in [0.29, 0.717) is 0 Å². The van der Waals surface area contributed by atoms with Crippen LogP contribution in [0.25, 0.3) is 0 Å². The normalized spacial score (nSPS) is 30.8. The lowest BCUT2D eigenvalue weighted by Gasteiger charge is -2.37. The summed E-state index contributed by atoms with van der Waals surface area (Å²) in [5, 5.41) is 9.59. The first-order chi connectivity index (χ1) is 9.19. The molecule has 0 aliphatic heterocycles. The fraction of sp³-hybridized carbons (Fsp3) is 0.938. The van der Waals surface area contributed by atoms with Crippen molar-refractivity contribution < 1.29 is 14.6 Å². The van der Waals surface area contributed by atoms with Gasteiger partial charge in [-0.2, -0.15) is 0 Å². The number of rotatable bonds is 4. The maximum absolute atomic E-state index is 12.3. The van der Waals surface area contributed by atoms with Gasteiger partial charge in [0.25, 0.3) is 0 Å². The number of hydrogen-bond acceptors (Lipinski definition) is 3. The molecule has 0 saturated heterocycles. The molecule has 2 saturated carbocycles. The second-order valence-corrected chi connectivity index (χ2v) is 6.45. The minimum Gasteiger partial charge on any atom is -0.456 e. The van der Waals surface area contributed by atoms with Crippen molar-refractivity contribution in [2.75, 3.05) is 6.61 Å². The largest absolute Gasteiger partial charge is 0.456 e. The molecular weight excluding hydrogens is 240 g/mol. The lowest BCUT2D eigenvalue weighted by molar-refractivity contribution is -0.175. The number of esters is 1. The van der Waals surface area contributed by atoms with Gasteiger partial charge in [0.1, 0.15) is 5.60 Å². The molecule has 0 atom stereocenters. The van der Waals surface area contributed by atoms with Crippen molar-refractivity contribution >= 4 is 5.97 Å². The fourth-order valence-corrected chi connectivity index (χ4v) is 3.59.